The topological polar surface area (TPSA) is 48.1 Å². The zero-order valence-electron chi connectivity index (χ0n) is 9.07. The van der Waals surface area contributed by atoms with E-state index in [-0.39, 0.29) is 12.1 Å². The van der Waals surface area contributed by atoms with Gasteiger partial charge in [-0.15, -0.1) is 0 Å². The number of alkyl halides is 3. The highest BCUT2D eigenvalue weighted by Crippen LogP contribution is 2.29. The Labute approximate surface area is 96.8 Å². The predicted molar refractivity (Wildman–Crippen MR) is 55.5 cm³/mol. The standard InChI is InChI=1S/C11H13F3N2O/c12-11(13,14)10-4-3-9(6-16-10)17-8-2-1-7(15)5-8/h3-4,6-8H,1-2,5,15H2. The van der Waals surface area contributed by atoms with Crippen molar-refractivity contribution in [3.05, 3.63) is 24.0 Å². The summed E-state index contributed by atoms with van der Waals surface area (Å²) in [5.41, 5.74) is 4.81. The number of hydrogen-bond acceptors (Lipinski definition) is 3. The number of pyridine rings is 1. The fourth-order valence-electron chi connectivity index (χ4n) is 1.89. The molecular weight excluding hydrogens is 233 g/mol. The molecule has 17 heavy (non-hydrogen) atoms. The molecule has 1 aliphatic carbocycles. The summed E-state index contributed by atoms with van der Waals surface area (Å²) in [5.74, 6) is 0.358. The fourth-order valence-corrected chi connectivity index (χ4v) is 1.89. The molecule has 0 radical (unpaired) electrons. The summed E-state index contributed by atoms with van der Waals surface area (Å²) in [7, 11) is 0. The van der Waals surface area contributed by atoms with E-state index in [0.29, 0.717) is 5.75 Å². The van der Waals surface area contributed by atoms with Crippen molar-refractivity contribution in [1.29, 1.82) is 0 Å². The van der Waals surface area contributed by atoms with Crippen LogP contribution in [-0.2, 0) is 6.18 Å². The van der Waals surface area contributed by atoms with Crippen LogP contribution < -0.4 is 10.5 Å². The number of nitrogens with two attached hydrogens (primary N) is 1. The molecule has 2 atom stereocenters. The number of aromatic nitrogens is 1. The third kappa shape index (κ3) is 3.09. The van der Waals surface area contributed by atoms with Gasteiger partial charge in [-0.1, -0.05) is 0 Å². The van der Waals surface area contributed by atoms with E-state index in [1.54, 1.807) is 0 Å². The van der Waals surface area contributed by atoms with Gasteiger partial charge in [-0.3, -0.25) is 0 Å². The predicted octanol–water partition coefficient (Wildman–Crippen LogP) is 2.36. The van der Waals surface area contributed by atoms with Crippen LogP contribution in [0.4, 0.5) is 13.2 Å². The maximum Gasteiger partial charge on any atom is 0.433 e. The van der Waals surface area contributed by atoms with E-state index in [4.69, 9.17) is 10.5 Å². The lowest BCUT2D eigenvalue weighted by Gasteiger charge is -2.13. The van der Waals surface area contributed by atoms with Crippen LogP contribution >= 0.6 is 0 Å². The van der Waals surface area contributed by atoms with Crippen LogP contribution in [0.25, 0.3) is 0 Å². The third-order valence-corrected chi connectivity index (χ3v) is 2.75. The molecule has 1 fully saturated rings. The molecule has 0 aliphatic heterocycles. The summed E-state index contributed by atoms with van der Waals surface area (Å²) in [5, 5.41) is 0. The highest BCUT2D eigenvalue weighted by Gasteiger charge is 2.32. The van der Waals surface area contributed by atoms with Crippen molar-refractivity contribution < 1.29 is 17.9 Å². The normalized spacial score (nSPS) is 24.9. The Morgan fingerprint density at radius 1 is 1.29 bits per heavy atom. The van der Waals surface area contributed by atoms with Gasteiger partial charge < -0.3 is 10.5 Å². The lowest BCUT2D eigenvalue weighted by molar-refractivity contribution is -0.141. The van der Waals surface area contributed by atoms with Crippen molar-refractivity contribution in [3.8, 4) is 5.75 Å². The van der Waals surface area contributed by atoms with Crippen LogP contribution in [0.15, 0.2) is 18.3 Å². The Morgan fingerprint density at radius 2 is 2.06 bits per heavy atom. The summed E-state index contributed by atoms with van der Waals surface area (Å²) < 4.78 is 42.3. The molecule has 1 aromatic heterocycles. The SMILES string of the molecule is NC1CCC(Oc2ccc(C(F)(F)F)nc2)C1. The number of ether oxygens (including phenoxy) is 1. The average Bonchev–Trinajstić information content (AvgIpc) is 2.63. The van der Waals surface area contributed by atoms with Crippen molar-refractivity contribution in [2.24, 2.45) is 5.73 Å². The summed E-state index contributed by atoms with van der Waals surface area (Å²) >= 11 is 0. The zero-order valence-corrected chi connectivity index (χ0v) is 9.07. The van der Waals surface area contributed by atoms with Gasteiger partial charge in [0.25, 0.3) is 0 Å². The molecule has 2 rings (SSSR count). The molecule has 0 spiro atoms. The van der Waals surface area contributed by atoms with Crippen molar-refractivity contribution in [1.82, 2.24) is 4.98 Å². The lowest BCUT2D eigenvalue weighted by Crippen LogP contribution is -2.19. The summed E-state index contributed by atoms with van der Waals surface area (Å²) in [6.07, 6.45) is -0.855. The molecular formula is C11H13F3N2O. The van der Waals surface area contributed by atoms with E-state index < -0.39 is 11.9 Å². The maximum absolute atomic E-state index is 12.3. The van der Waals surface area contributed by atoms with Gasteiger partial charge >= 0.3 is 6.18 Å². The van der Waals surface area contributed by atoms with Crippen molar-refractivity contribution >= 4 is 0 Å². The second kappa shape index (κ2) is 4.52. The third-order valence-electron chi connectivity index (χ3n) is 2.75. The average molecular weight is 246 g/mol. The summed E-state index contributed by atoms with van der Waals surface area (Å²) in [6, 6.07) is 2.34. The smallest absolute Gasteiger partial charge is 0.433 e. The molecule has 1 saturated carbocycles. The van der Waals surface area contributed by atoms with Crippen molar-refractivity contribution in [3.63, 3.8) is 0 Å². The van der Waals surface area contributed by atoms with Crippen LogP contribution in [0.1, 0.15) is 25.0 Å². The Balaban J connectivity index is 1.99. The number of halogens is 3. The van der Waals surface area contributed by atoms with Gasteiger partial charge in [0.15, 0.2) is 0 Å². The van der Waals surface area contributed by atoms with Crippen LogP contribution in [0.5, 0.6) is 5.75 Å². The molecule has 0 aromatic carbocycles. The molecule has 0 bridgehead atoms. The van der Waals surface area contributed by atoms with E-state index in [1.165, 1.54) is 6.07 Å². The van der Waals surface area contributed by atoms with E-state index >= 15 is 0 Å². The Bertz CT molecular complexity index is 377. The van der Waals surface area contributed by atoms with Crippen LogP contribution in [0.3, 0.4) is 0 Å². The number of hydrogen-bond donors (Lipinski definition) is 1. The summed E-state index contributed by atoms with van der Waals surface area (Å²) in [4.78, 5) is 3.33. The lowest BCUT2D eigenvalue weighted by atomic mass is 10.3. The van der Waals surface area contributed by atoms with Gasteiger partial charge in [0, 0.05) is 6.04 Å². The minimum absolute atomic E-state index is 0.0106. The van der Waals surface area contributed by atoms with E-state index in [2.05, 4.69) is 4.98 Å². The Hall–Kier alpha value is -1.30. The highest BCUT2D eigenvalue weighted by molar-refractivity contribution is 5.21. The van der Waals surface area contributed by atoms with Crippen LogP contribution in [-0.4, -0.2) is 17.1 Å². The second-order valence-corrected chi connectivity index (χ2v) is 4.19. The van der Waals surface area contributed by atoms with Gasteiger partial charge in [0.2, 0.25) is 0 Å². The van der Waals surface area contributed by atoms with Gasteiger partial charge in [-0.2, -0.15) is 13.2 Å². The minimum Gasteiger partial charge on any atom is -0.489 e. The molecule has 3 nitrogen and oxygen atoms in total. The molecule has 1 aromatic rings. The molecule has 2 unspecified atom stereocenters. The van der Waals surface area contributed by atoms with Crippen molar-refractivity contribution in [2.75, 3.05) is 0 Å². The van der Waals surface area contributed by atoms with Crippen LogP contribution in [0.2, 0.25) is 0 Å². The zero-order chi connectivity index (χ0) is 12.5. The molecule has 1 heterocycles. The second-order valence-electron chi connectivity index (χ2n) is 4.19. The minimum atomic E-state index is -4.41. The number of rotatable bonds is 2. The fraction of sp³-hybridized carbons (Fsp3) is 0.545. The molecule has 1 aliphatic rings. The van der Waals surface area contributed by atoms with Gasteiger partial charge in [-0.25, -0.2) is 4.98 Å². The largest absolute Gasteiger partial charge is 0.489 e. The molecule has 2 N–H and O–H groups in total. The maximum atomic E-state index is 12.3. The first-order valence-electron chi connectivity index (χ1n) is 5.40. The summed E-state index contributed by atoms with van der Waals surface area (Å²) in [6.45, 7) is 0. The molecule has 0 saturated heterocycles. The highest BCUT2D eigenvalue weighted by atomic mass is 19.4. The van der Waals surface area contributed by atoms with Gasteiger partial charge in [0.1, 0.15) is 17.5 Å². The Morgan fingerprint density at radius 3 is 2.53 bits per heavy atom. The van der Waals surface area contributed by atoms with Crippen molar-refractivity contribution in [2.45, 2.75) is 37.6 Å². The van der Waals surface area contributed by atoms with E-state index in [0.717, 1.165) is 31.5 Å². The molecule has 6 heteroatoms. The van der Waals surface area contributed by atoms with Gasteiger partial charge in [-0.05, 0) is 31.4 Å². The van der Waals surface area contributed by atoms with Gasteiger partial charge in [0.05, 0.1) is 6.20 Å². The van der Waals surface area contributed by atoms with E-state index in [9.17, 15) is 13.2 Å². The monoisotopic (exact) mass is 246 g/mol. The first-order valence-corrected chi connectivity index (χ1v) is 5.40. The van der Waals surface area contributed by atoms with Crippen LogP contribution in [0, 0.1) is 0 Å². The molecule has 0 amide bonds. The quantitative estimate of drug-likeness (QED) is 0.871. The first kappa shape index (κ1) is 12.2. The molecule has 94 valence electrons. The Kier molecular flexibility index (Phi) is 3.24. The first-order chi connectivity index (χ1) is 7.95. The van der Waals surface area contributed by atoms with E-state index in [1.807, 2.05) is 0 Å². The number of nitrogens with zero attached hydrogens (tertiary/aromatic N) is 1.